The number of benzene rings is 4. The summed E-state index contributed by atoms with van der Waals surface area (Å²) in [4.78, 5) is 17.7. The molecule has 6 nitrogen and oxygen atoms in total. The summed E-state index contributed by atoms with van der Waals surface area (Å²) in [5.41, 5.74) is 5.52. The van der Waals surface area contributed by atoms with Crippen molar-refractivity contribution in [3.8, 4) is 17.1 Å². The second kappa shape index (κ2) is 14.4. The molecule has 0 bridgehead atoms. The van der Waals surface area contributed by atoms with E-state index in [1.807, 2.05) is 66.1 Å². The Morgan fingerprint density at radius 3 is 2.31 bits per heavy atom. The van der Waals surface area contributed by atoms with E-state index in [1.165, 1.54) is 34.2 Å². The SMILES string of the molecule is Cc1ccc(Cl)cc1-n1c(SCc2nc(C(=O)NCCC(c3ccccc3)c3ccccc3)cs2)nnc1-c1ccccc1Cl. The van der Waals surface area contributed by atoms with Crippen molar-refractivity contribution in [1.29, 1.82) is 0 Å². The molecule has 0 unspecified atom stereocenters. The summed E-state index contributed by atoms with van der Waals surface area (Å²) in [6, 6.07) is 34.1. The highest BCUT2D eigenvalue weighted by Gasteiger charge is 2.21. The number of halogens is 2. The molecular weight excluding hydrogens is 641 g/mol. The third kappa shape index (κ3) is 7.31. The maximum atomic E-state index is 13.1. The van der Waals surface area contributed by atoms with E-state index in [1.54, 1.807) is 5.38 Å². The molecule has 10 heteroatoms. The predicted octanol–water partition coefficient (Wildman–Crippen LogP) is 9.25. The molecule has 1 amide bonds. The normalized spacial score (nSPS) is 11.2. The summed E-state index contributed by atoms with van der Waals surface area (Å²) >= 11 is 15.9. The van der Waals surface area contributed by atoms with Gasteiger partial charge < -0.3 is 5.32 Å². The standard InChI is InChI=1S/C35H29Cl2N5OS2/c1-23-16-17-26(36)20-31(23)42-33(28-14-8-9-15-29(28)37)40-41-35(42)45-22-32-39-30(21-44-32)34(43)38-19-18-27(24-10-4-2-5-11-24)25-12-6-3-7-13-25/h2-17,20-21,27H,18-19,22H2,1H3,(H,38,43). The first-order valence-electron chi connectivity index (χ1n) is 14.4. The minimum Gasteiger partial charge on any atom is -0.351 e. The van der Waals surface area contributed by atoms with Crippen molar-refractivity contribution in [1.82, 2.24) is 25.1 Å². The highest BCUT2D eigenvalue weighted by molar-refractivity contribution is 7.98. The first-order valence-corrected chi connectivity index (χ1v) is 17.0. The van der Waals surface area contributed by atoms with E-state index < -0.39 is 0 Å². The fraction of sp³-hybridized carbons (Fsp3) is 0.143. The minimum atomic E-state index is -0.180. The van der Waals surface area contributed by atoms with Gasteiger partial charge in [0, 0.05) is 28.4 Å². The summed E-state index contributed by atoms with van der Waals surface area (Å²) in [5.74, 6) is 1.15. The monoisotopic (exact) mass is 669 g/mol. The van der Waals surface area contributed by atoms with Gasteiger partial charge in [0.1, 0.15) is 10.7 Å². The molecule has 6 rings (SSSR count). The van der Waals surface area contributed by atoms with Gasteiger partial charge in [0.25, 0.3) is 5.91 Å². The predicted molar refractivity (Wildman–Crippen MR) is 185 cm³/mol. The van der Waals surface area contributed by atoms with Gasteiger partial charge in [0.15, 0.2) is 11.0 Å². The smallest absolute Gasteiger partial charge is 0.270 e. The van der Waals surface area contributed by atoms with Crippen molar-refractivity contribution in [3.05, 3.63) is 146 Å². The van der Waals surface area contributed by atoms with Crippen LogP contribution in [0.1, 0.15) is 44.5 Å². The minimum absolute atomic E-state index is 0.180. The van der Waals surface area contributed by atoms with Crippen molar-refractivity contribution < 1.29 is 4.79 Å². The van der Waals surface area contributed by atoms with Crippen LogP contribution in [0.5, 0.6) is 0 Å². The topological polar surface area (TPSA) is 72.7 Å². The number of hydrogen-bond donors (Lipinski definition) is 1. The van der Waals surface area contributed by atoms with E-state index >= 15 is 0 Å². The zero-order valence-corrected chi connectivity index (χ0v) is 27.5. The number of rotatable bonds is 11. The summed E-state index contributed by atoms with van der Waals surface area (Å²) in [6.07, 6.45) is 0.777. The maximum absolute atomic E-state index is 13.1. The number of carbonyl (C=O) groups is 1. The number of nitrogens with one attached hydrogen (secondary N) is 1. The van der Waals surface area contributed by atoms with Crippen molar-refractivity contribution in [3.63, 3.8) is 0 Å². The largest absolute Gasteiger partial charge is 0.351 e. The van der Waals surface area contributed by atoms with Crippen LogP contribution in [0.15, 0.2) is 114 Å². The summed E-state index contributed by atoms with van der Waals surface area (Å²) < 4.78 is 1.98. The highest BCUT2D eigenvalue weighted by Crippen LogP contribution is 2.35. The Kier molecular flexibility index (Phi) is 9.96. The molecule has 0 aliphatic heterocycles. The third-order valence-electron chi connectivity index (χ3n) is 7.39. The van der Waals surface area contributed by atoms with E-state index in [0.29, 0.717) is 39.0 Å². The van der Waals surface area contributed by atoms with Crippen LogP contribution in [-0.2, 0) is 5.75 Å². The molecule has 4 aromatic carbocycles. The number of hydrogen-bond acceptors (Lipinski definition) is 6. The molecule has 0 aliphatic rings. The molecule has 0 spiro atoms. The van der Waals surface area contributed by atoms with Crippen LogP contribution in [0.25, 0.3) is 17.1 Å². The Morgan fingerprint density at radius 2 is 1.60 bits per heavy atom. The summed E-state index contributed by atoms with van der Waals surface area (Å²) in [5, 5.41) is 16.6. The van der Waals surface area contributed by atoms with Crippen molar-refractivity contribution in [2.45, 2.75) is 30.2 Å². The Bertz CT molecular complexity index is 1870. The van der Waals surface area contributed by atoms with Crippen LogP contribution >= 0.6 is 46.3 Å². The van der Waals surface area contributed by atoms with E-state index in [9.17, 15) is 4.79 Å². The van der Waals surface area contributed by atoms with Gasteiger partial charge in [-0.25, -0.2) is 4.98 Å². The second-order valence-corrected chi connectivity index (χ2v) is 13.1. The molecule has 0 atom stereocenters. The number of thioether (sulfide) groups is 1. The van der Waals surface area contributed by atoms with Gasteiger partial charge in [-0.1, -0.05) is 114 Å². The van der Waals surface area contributed by atoms with Gasteiger partial charge in [-0.3, -0.25) is 9.36 Å². The lowest BCUT2D eigenvalue weighted by atomic mass is 9.88. The zero-order chi connectivity index (χ0) is 31.2. The molecule has 0 saturated heterocycles. The van der Waals surface area contributed by atoms with Crippen LogP contribution in [0.2, 0.25) is 10.0 Å². The van der Waals surface area contributed by atoms with Gasteiger partial charge in [-0.05, 0) is 54.3 Å². The van der Waals surface area contributed by atoms with Gasteiger partial charge in [-0.2, -0.15) is 0 Å². The number of nitrogens with zero attached hydrogens (tertiary/aromatic N) is 4. The lowest BCUT2D eigenvalue weighted by Gasteiger charge is -2.18. The second-order valence-electron chi connectivity index (χ2n) is 10.4. The van der Waals surface area contributed by atoms with Crippen LogP contribution in [-0.4, -0.2) is 32.2 Å². The molecule has 0 fully saturated rings. The number of carbonyl (C=O) groups excluding carboxylic acids is 1. The Morgan fingerprint density at radius 1 is 0.911 bits per heavy atom. The van der Waals surface area contributed by atoms with Gasteiger partial charge in [0.2, 0.25) is 0 Å². The molecule has 6 aromatic rings. The summed E-state index contributed by atoms with van der Waals surface area (Å²) in [6.45, 7) is 2.55. The number of aryl methyl sites for hydroxylation is 1. The average molecular weight is 671 g/mol. The van der Waals surface area contributed by atoms with Crippen LogP contribution in [0.4, 0.5) is 0 Å². The number of aromatic nitrogens is 4. The highest BCUT2D eigenvalue weighted by atomic mass is 35.5. The van der Waals surface area contributed by atoms with Crippen molar-refractivity contribution in [2.24, 2.45) is 0 Å². The fourth-order valence-corrected chi connectivity index (χ4v) is 7.27. The maximum Gasteiger partial charge on any atom is 0.270 e. The van der Waals surface area contributed by atoms with E-state index in [0.717, 1.165) is 28.2 Å². The van der Waals surface area contributed by atoms with Gasteiger partial charge >= 0.3 is 0 Å². The van der Waals surface area contributed by atoms with Crippen LogP contribution in [0.3, 0.4) is 0 Å². The Balaban J connectivity index is 1.15. The van der Waals surface area contributed by atoms with Crippen molar-refractivity contribution in [2.75, 3.05) is 6.54 Å². The van der Waals surface area contributed by atoms with E-state index in [4.69, 9.17) is 23.2 Å². The van der Waals surface area contributed by atoms with Gasteiger partial charge in [0.05, 0.1) is 16.5 Å². The molecule has 2 heterocycles. The summed E-state index contributed by atoms with van der Waals surface area (Å²) in [7, 11) is 0. The molecule has 226 valence electrons. The lowest BCUT2D eigenvalue weighted by Crippen LogP contribution is -2.26. The molecule has 0 radical (unpaired) electrons. The van der Waals surface area contributed by atoms with E-state index in [2.05, 4.69) is 69.0 Å². The Labute approximate surface area is 280 Å². The first kappa shape index (κ1) is 31.0. The molecule has 45 heavy (non-hydrogen) atoms. The molecular formula is C35H29Cl2N5OS2. The van der Waals surface area contributed by atoms with E-state index in [-0.39, 0.29) is 11.8 Å². The lowest BCUT2D eigenvalue weighted by molar-refractivity contribution is 0.0948. The molecule has 0 saturated carbocycles. The number of amides is 1. The first-order chi connectivity index (χ1) is 22.0. The van der Waals surface area contributed by atoms with Crippen LogP contribution in [0, 0.1) is 6.92 Å². The third-order valence-corrected chi connectivity index (χ3v) is 9.93. The average Bonchev–Trinajstić information content (AvgIpc) is 3.72. The Hall–Kier alpha value is -3.95. The molecule has 1 N–H and O–H groups in total. The van der Waals surface area contributed by atoms with Gasteiger partial charge in [-0.15, -0.1) is 21.5 Å². The van der Waals surface area contributed by atoms with Crippen LogP contribution < -0.4 is 5.32 Å². The quantitative estimate of drug-likeness (QED) is 0.139. The van der Waals surface area contributed by atoms with Crippen molar-refractivity contribution >= 4 is 52.2 Å². The molecule has 2 aromatic heterocycles. The number of thiazole rings is 1. The molecule has 0 aliphatic carbocycles. The zero-order valence-electron chi connectivity index (χ0n) is 24.4. The fourth-order valence-electron chi connectivity index (χ4n) is 5.15.